The number of methoxy groups -OCH3 is 1. The predicted octanol–water partition coefficient (Wildman–Crippen LogP) is 2.82. The number of likely N-dealkylation sites (tertiary alicyclic amines) is 1. The van der Waals surface area contributed by atoms with Gasteiger partial charge in [-0.2, -0.15) is 0 Å². The number of benzene rings is 1. The fraction of sp³-hybridized carbons (Fsp3) is 0.625. The van der Waals surface area contributed by atoms with Gasteiger partial charge in [-0.05, 0) is 49.9 Å². The molecule has 1 aromatic carbocycles. The molecule has 0 aliphatic carbocycles. The maximum absolute atomic E-state index is 6.36. The van der Waals surface area contributed by atoms with E-state index in [0.717, 1.165) is 23.8 Å². The zero-order valence-corrected chi connectivity index (χ0v) is 12.3. The van der Waals surface area contributed by atoms with Crippen LogP contribution in [0.3, 0.4) is 0 Å². The Morgan fingerprint density at radius 1 is 1.42 bits per heavy atom. The average Bonchev–Trinajstić information content (AvgIpc) is 2.44. The largest absolute Gasteiger partial charge is 0.497 e. The minimum absolute atomic E-state index is 0.0582. The van der Waals surface area contributed by atoms with Gasteiger partial charge in [0.1, 0.15) is 5.75 Å². The van der Waals surface area contributed by atoms with Crippen molar-refractivity contribution in [1.29, 1.82) is 0 Å². The summed E-state index contributed by atoms with van der Waals surface area (Å²) < 4.78 is 5.26. The Morgan fingerprint density at radius 3 is 2.95 bits per heavy atom. The molecule has 1 saturated heterocycles. The van der Waals surface area contributed by atoms with Crippen molar-refractivity contribution in [2.45, 2.75) is 38.8 Å². The lowest BCUT2D eigenvalue weighted by molar-refractivity contribution is 0.107. The number of nitrogens with two attached hydrogens (primary N) is 1. The van der Waals surface area contributed by atoms with Crippen molar-refractivity contribution in [3.63, 3.8) is 0 Å². The predicted molar refractivity (Wildman–Crippen MR) is 79.4 cm³/mol. The molecule has 106 valence electrons. The van der Waals surface area contributed by atoms with E-state index in [1.165, 1.54) is 19.4 Å². The molecule has 1 aromatic rings. The maximum atomic E-state index is 6.36. The molecule has 0 amide bonds. The van der Waals surface area contributed by atoms with Gasteiger partial charge in [-0.15, -0.1) is 0 Å². The molecule has 1 aliphatic rings. The molecule has 1 heterocycles. The van der Waals surface area contributed by atoms with Crippen molar-refractivity contribution < 1.29 is 4.74 Å². The molecule has 3 nitrogen and oxygen atoms in total. The lowest BCUT2D eigenvalue weighted by atomic mass is 9.91. The van der Waals surface area contributed by atoms with Crippen LogP contribution < -0.4 is 10.5 Å². The molecule has 0 spiro atoms. The maximum Gasteiger partial charge on any atom is 0.119 e. The van der Waals surface area contributed by atoms with Gasteiger partial charge in [-0.3, -0.25) is 4.90 Å². The smallest absolute Gasteiger partial charge is 0.119 e. The average molecular weight is 262 g/mol. The van der Waals surface area contributed by atoms with Gasteiger partial charge < -0.3 is 10.5 Å². The zero-order chi connectivity index (χ0) is 13.8. The first-order chi connectivity index (χ1) is 9.11. The van der Waals surface area contributed by atoms with Crippen molar-refractivity contribution >= 4 is 0 Å². The van der Waals surface area contributed by atoms with Crippen LogP contribution in [0.1, 0.15) is 38.3 Å². The second-order valence-corrected chi connectivity index (χ2v) is 5.74. The first kappa shape index (κ1) is 14.4. The van der Waals surface area contributed by atoms with Crippen molar-refractivity contribution in [2.75, 3.05) is 20.2 Å². The van der Waals surface area contributed by atoms with Gasteiger partial charge in [-0.25, -0.2) is 0 Å². The third-order valence-electron chi connectivity index (χ3n) is 4.46. The standard InChI is InChI=1S/C16H26N2O/c1-12-6-5-9-18(13(12)2)11-16(17)14-7-4-8-15(10-14)19-3/h4,7-8,10,12-13,16H,5-6,9,11,17H2,1-3H3. The summed E-state index contributed by atoms with van der Waals surface area (Å²) in [6, 6.07) is 8.79. The number of hydrogen-bond donors (Lipinski definition) is 1. The van der Waals surface area contributed by atoms with E-state index in [1.807, 2.05) is 18.2 Å². The molecule has 0 aromatic heterocycles. The van der Waals surface area contributed by atoms with Crippen LogP contribution in [0.5, 0.6) is 5.75 Å². The van der Waals surface area contributed by atoms with E-state index in [1.54, 1.807) is 7.11 Å². The summed E-state index contributed by atoms with van der Waals surface area (Å²) in [6.45, 7) is 6.76. The zero-order valence-electron chi connectivity index (χ0n) is 12.3. The van der Waals surface area contributed by atoms with Gasteiger partial charge in [0, 0.05) is 18.6 Å². The molecule has 2 N–H and O–H groups in total. The monoisotopic (exact) mass is 262 g/mol. The molecule has 1 fully saturated rings. The van der Waals surface area contributed by atoms with Gasteiger partial charge in [0.2, 0.25) is 0 Å². The highest BCUT2D eigenvalue weighted by molar-refractivity contribution is 5.30. The molecule has 0 radical (unpaired) electrons. The van der Waals surface area contributed by atoms with Gasteiger partial charge in [-0.1, -0.05) is 19.1 Å². The molecule has 0 bridgehead atoms. The molecule has 3 atom stereocenters. The van der Waals surface area contributed by atoms with Crippen LogP contribution in [-0.4, -0.2) is 31.1 Å². The number of hydrogen-bond acceptors (Lipinski definition) is 3. The first-order valence-corrected chi connectivity index (χ1v) is 7.25. The summed E-state index contributed by atoms with van der Waals surface area (Å²) in [5.41, 5.74) is 7.52. The molecule has 2 rings (SSSR count). The van der Waals surface area contributed by atoms with E-state index in [4.69, 9.17) is 10.5 Å². The molecular weight excluding hydrogens is 236 g/mol. The van der Waals surface area contributed by atoms with Crippen LogP contribution >= 0.6 is 0 Å². The van der Waals surface area contributed by atoms with E-state index >= 15 is 0 Å². The SMILES string of the molecule is COc1cccc(C(N)CN2CCCC(C)C2C)c1. The molecule has 19 heavy (non-hydrogen) atoms. The second-order valence-electron chi connectivity index (χ2n) is 5.74. The number of ether oxygens (including phenoxy) is 1. The van der Waals surface area contributed by atoms with Crippen LogP contribution in [0, 0.1) is 5.92 Å². The molecule has 3 heteroatoms. The van der Waals surface area contributed by atoms with Crippen molar-refractivity contribution in [2.24, 2.45) is 11.7 Å². The second kappa shape index (κ2) is 6.40. The van der Waals surface area contributed by atoms with E-state index in [9.17, 15) is 0 Å². The van der Waals surface area contributed by atoms with Gasteiger partial charge in [0.05, 0.1) is 7.11 Å². The first-order valence-electron chi connectivity index (χ1n) is 7.25. The van der Waals surface area contributed by atoms with Crippen LogP contribution in [-0.2, 0) is 0 Å². The lowest BCUT2D eigenvalue weighted by Gasteiger charge is -2.39. The van der Waals surface area contributed by atoms with E-state index in [2.05, 4.69) is 24.8 Å². The van der Waals surface area contributed by atoms with Crippen LogP contribution in [0.25, 0.3) is 0 Å². The third-order valence-corrected chi connectivity index (χ3v) is 4.46. The normalized spacial score (nSPS) is 26.1. The number of nitrogens with zero attached hydrogens (tertiary/aromatic N) is 1. The van der Waals surface area contributed by atoms with E-state index in [0.29, 0.717) is 6.04 Å². The Labute approximate surface area is 116 Å². The Bertz CT molecular complexity index is 407. The van der Waals surface area contributed by atoms with Crippen LogP contribution in [0.4, 0.5) is 0 Å². The quantitative estimate of drug-likeness (QED) is 0.907. The highest BCUT2D eigenvalue weighted by Crippen LogP contribution is 2.25. The fourth-order valence-corrected chi connectivity index (χ4v) is 2.91. The Kier molecular flexibility index (Phi) is 4.83. The highest BCUT2D eigenvalue weighted by atomic mass is 16.5. The van der Waals surface area contributed by atoms with Crippen LogP contribution in [0.2, 0.25) is 0 Å². The summed E-state index contributed by atoms with van der Waals surface area (Å²) in [6.07, 6.45) is 2.63. The molecule has 0 saturated carbocycles. The molecular formula is C16H26N2O. The summed E-state index contributed by atoms with van der Waals surface area (Å²) in [5, 5.41) is 0. The van der Waals surface area contributed by atoms with Crippen molar-refractivity contribution in [3.05, 3.63) is 29.8 Å². The topological polar surface area (TPSA) is 38.5 Å². The number of piperidine rings is 1. The van der Waals surface area contributed by atoms with E-state index in [-0.39, 0.29) is 6.04 Å². The van der Waals surface area contributed by atoms with Crippen LogP contribution in [0.15, 0.2) is 24.3 Å². The van der Waals surface area contributed by atoms with Gasteiger partial charge in [0.25, 0.3) is 0 Å². The molecule has 3 unspecified atom stereocenters. The summed E-state index contributed by atoms with van der Waals surface area (Å²) in [4.78, 5) is 2.53. The lowest BCUT2D eigenvalue weighted by Crippen LogP contribution is -2.45. The minimum Gasteiger partial charge on any atom is -0.497 e. The summed E-state index contributed by atoms with van der Waals surface area (Å²) >= 11 is 0. The fourth-order valence-electron chi connectivity index (χ4n) is 2.91. The molecule has 1 aliphatic heterocycles. The van der Waals surface area contributed by atoms with E-state index < -0.39 is 0 Å². The third kappa shape index (κ3) is 3.48. The Morgan fingerprint density at radius 2 is 2.21 bits per heavy atom. The Balaban J connectivity index is 2.01. The summed E-state index contributed by atoms with van der Waals surface area (Å²) in [5.74, 6) is 1.65. The highest BCUT2D eigenvalue weighted by Gasteiger charge is 2.26. The van der Waals surface area contributed by atoms with Gasteiger partial charge >= 0.3 is 0 Å². The van der Waals surface area contributed by atoms with Gasteiger partial charge in [0.15, 0.2) is 0 Å². The van der Waals surface area contributed by atoms with Crippen molar-refractivity contribution in [1.82, 2.24) is 4.90 Å². The van der Waals surface area contributed by atoms with Crippen molar-refractivity contribution in [3.8, 4) is 5.75 Å². The summed E-state index contributed by atoms with van der Waals surface area (Å²) in [7, 11) is 1.69. The minimum atomic E-state index is 0.0582. The Hall–Kier alpha value is -1.06. The number of rotatable bonds is 4.